The summed E-state index contributed by atoms with van der Waals surface area (Å²) in [6.45, 7) is 0. The van der Waals surface area contributed by atoms with Crippen LogP contribution in [0.15, 0.2) is 75.9 Å². The van der Waals surface area contributed by atoms with Crippen LogP contribution in [0.4, 0.5) is 22.2 Å². The Balaban J connectivity index is 1.59. The molecule has 4 rings (SSSR count). The summed E-state index contributed by atoms with van der Waals surface area (Å²) in [5, 5.41) is 30.1. The molecule has 1 N–H and O–H groups in total. The first-order valence-electron chi connectivity index (χ1n) is 9.01. The SMILES string of the molecule is COc1ccccc1N=Nc1cccc(/C=N/c2nc3cc([N+](=O)[O-])ccc3s2)c1O. The first-order chi connectivity index (χ1) is 15.0. The van der Waals surface area contributed by atoms with Crippen LogP contribution in [0, 0.1) is 10.1 Å². The summed E-state index contributed by atoms with van der Waals surface area (Å²) >= 11 is 1.29. The Bertz CT molecular complexity index is 1330. The maximum Gasteiger partial charge on any atom is 0.271 e. The van der Waals surface area contributed by atoms with Crippen molar-refractivity contribution in [3.05, 3.63) is 76.3 Å². The van der Waals surface area contributed by atoms with E-state index in [0.29, 0.717) is 27.6 Å². The molecule has 0 aliphatic rings. The first kappa shape index (κ1) is 20.1. The number of aromatic hydroxyl groups is 1. The highest BCUT2D eigenvalue weighted by Gasteiger charge is 2.10. The molecule has 0 bridgehead atoms. The topological polar surface area (TPSA) is 123 Å². The van der Waals surface area contributed by atoms with Gasteiger partial charge in [-0.3, -0.25) is 10.1 Å². The third-order valence-corrected chi connectivity index (χ3v) is 5.23. The van der Waals surface area contributed by atoms with E-state index in [9.17, 15) is 15.2 Å². The second kappa shape index (κ2) is 8.67. The lowest BCUT2D eigenvalue weighted by Crippen LogP contribution is -1.86. The largest absolute Gasteiger partial charge is 0.505 e. The van der Waals surface area contributed by atoms with Crippen molar-refractivity contribution in [1.82, 2.24) is 4.98 Å². The van der Waals surface area contributed by atoms with E-state index in [4.69, 9.17) is 4.74 Å². The van der Waals surface area contributed by atoms with E-state index >= 15 is 0 Å². The van der Waals surface area contributed by atoms with Crippen LogP contribution < -0.4 is 4.74 Å². The Morgan fingerprint density at radius 2 is 1.87 bits per heavy atom. The number of non-ortho nitro benzene ring substituents is 1. The van der Waals surface area contributed by atoms with Gasteiger partial charge in [0.25, 0.3) is 5.69 Å². The number of aliphatic imine (C=N–C) groups is 1. The monoisotopic (exact) mass is 433 g/mol. The van der Waals surface area contributed by atoms with Crippen LogP contribution >= 0.6 is 11.3 Å². The minimum Gasteiger partial charge on any atom is -0.505 e. The number of nitro groups is 1. The van der Waals surface area contributed by atoms with Crippen molar-refractivity contribution in [2.75, 3.05) is 7.11 Å². The average molecular weight is 433 g/mol. The zero-order chi connectivity index (χ0) is 21.8. The fraction of sp³-hybridized carbons (Fsp3) is 0.0476. The molecule has 0 aliphatic heterocycles. The maximum atomic E-state index is 10.9. The van der Waals surface area contributed by atoms with Gasteiger partial charge in [0, 0.05) is 23.9 Å². The third-order valence-electron chi connectivity index (χ3n) is 4.28. The van der Waals surface area contributed by atoms with Gasteiger partial charge in [-0.1, -0.05) is 29.5 Å². The molecule has 1 heterocycles. The standard InChI is InChI=1S/C21H15N5O4S/c1-30-18-8-3-2-6-15(18)24-25-16-7-4-5-13(20(16)27)12-22-21-23-17-11-14(26(28)29)9-10-19(17)31-21/h2-12,27H,1H3/b22-12+,25-24?. The second-order valence-corrected chi connectivity index (χ2v) is 7.26. The number of thiazole rings is 1. The van der Waals surface area contributed by atoms with Crippen molar-refractivity contribution >= 4 is 50.0 Å². The summed E-state index contributed by atoms with van der Waals surface area (Å²) in [4.78, 5) is 19.0. The number of para-hydroxylation sites is 2. The molecule has 9 nitrogen and oxygen atoms in total. The Hall–Kier alpha value is -4.18. The lowest BCUT2D eigenvalue weighted by atomic mass is 10.2. The molecule has 0 radical (unpaired) electrons. The molecule has 0 amide bonds. The van der Waals surface area contributed by atoms with Crippen molar-refractivity contribution in [2.24, 2.45) is 15.2 Å². The van der Waals surface area contributed by atoms with Gasteiger partial charge in [-0.2, -0.15) is 0 Å². The van der Waals surface area contributed by atoms with Crippen LogP contribution in [0.3, 0.4) is 0 Å². The molecule has 1 aromatic heterocycles. The van der Waals surface area contributed by atoms with Crippen molar-refractivity contribution in [3.63, 3.8) is 0 Å². The van der Waals surface area contributed by atoms with Gasteiger partial charge in [-0.05, 0) is 30.3 Å². The molecule has 154 valence electrons. The highest BCUT2D eigenvalue weighted by molar-refractivity contribution is 7.22. The average Bonchev–Trinajstić information content (AvgIpc) is 3.20. The van der Waals surface area contributed by atoms with Crippen LogP contribution in [0.25, 0.3) is 10.2 Å². The van der Waals surface area contributed by atoms with E-state index in [1.165, 1.54) is 29.7 Å². The molecule has 0 spiro atoms. The maximum absolute atomic E-state index is 10.9. The summed E-state index contributed by atoms with van der Waals surface area (Å²) < 4.78 is 6.02. The Morgan fingerprint density at radius 1 is 1.10 bits per heavy atom. The van der Waals surface area contributed by atoms with Gasteiger partial charge in [-0.25, -0.2) is 9.98 Å². The number of fused-ring (bicyclic) bond motifs is 1. The van der Waals surface area contributed by atoms with Gasteiger partial charge in [0.1, 0.15) is 17.1 Å². The predicted octanol–water partition coefficient (Wildman–Crippen LogP) is 6.08. The zero-order valence-corrected chi connectivity index (χ0v) is 17.0. The lowest BCUT2D eigenvalue weighted by Gasteiger charge is -2.03. The molecule has 31 heavy (non-hydrogen) atoms. The summed E-state index contributed by atoms with van der Waals surface area (Å²) in [5.41, 5.74) is 1.71. The van der Waals surface area contributed by atoms with Gasteiger partial charge < -0.3 is 9.84 Å². The molecule has 4 aromatic rings. The zero-order valence-electron chi connectivity index (χ0n) is 16.2. The number of nitrogens with zero attached hydrogens (tertiary/aromatic N) is 5. The number of nitro benzene ring substituents is 1. The molecule has 0 fully saturated rings. The minimum absolute atomic E-state index is 0.0286. The molecule has 0 unspecified atom stereocenters. The fourth-order valence-electron chi connectivity index (χ4n) is 2.75. The van der Waals surface area contributed by atoms with Crippen molar-refractivity contribution in [3.8, 4) is 11.5 Å². The van der Waals surface area contributed by atoms with E-state index in [-0.39, 0.29) is 17.1 Å². The number of aromatic nitrogens is 1. The molecule has 10 heteroatoms. The Kier molecular flexibility index (Phi) is 5.63. The molecular weight excluding hydrogens is 418 g/mol. The normalized spacial score (nSPS) is 11.5. The van der Waals surface area contributed by atoms with Gasteiger partial charge >= 0.3 is 0 Å². The number of methoxy groups -OCH3 is 1. The third kappa shape index (κ3) is 4.38. The van der Waals surface area contributed by atoms with Crippen LogP contribution in [-0.2, 0) is 0 Å². The Morgan fingerprint density at radius 3 is 2.68 bits per heavy atom. The molecule has 0 atom stereocenters. The lowest BCUT2D eigenvalue weighted by molar-refractivity contribution is -0.384. The van der Waals surface area contributed by atoms with E-state index in [1.807, 2.05) is 12.1 Å². The molecule has 3 aromatic carbocycles. The van der Waals surface area contributed by atoms with Gasteiger partial charge in [0.2, 0.25) is 5.13 Å². The number of hydrogen-bond donors (Lipinski definition) is 1. The van der Waals surface area contributed by atoms with Crippen LogP contribution in [0.5, 0.6) is 11.5 Å². The van der Waals surface area contributed by atoms with Crippen LogP contribution in [0.1, 0.15) is 5.56 Å². The highest BCUT2D eigenvalue weighted by Crippen LogP contribution is 2.34. The molecule has 0 saturated carbocycles. The van der Waals surface area contributed by atoms with E-state index in [1.54, 1.807) is 43.5 Å². The number of azo groups is 1. The quantitative estimate of drug-likeness (QED) is 0.171. The van der Waals surface area contributed by atoms with Crippen molar-refractivity contribution in [1.29, 1.82) is 0 Å². The molecule has 0 aliphatic carbocycles. The number of ether oxygens (including phenoxy) is 1. The predicted molar refractivity (Wildman–Crippen MR) is 119 cm³/mol. The minimum atomic E-state index is -0.467. The highest BCUT2D eigenvalue weighted by atomic mass is 32.1. The summed E-state index contributed by atoms with van der Waals surface area (Å²) in [7, 11) is 1.54. The van der Waals surface area contributed by atoms with E-state index in [0.717, 1.165) is 4.70 Å². The number of phenolic OH excluding ortho intramolecular Hbond substituents is 1. The van der Waals surface area contributed by atoms with Crippen molar-refractivity contribution < 1.29 is 14.8 Å². The Labute approximate surface area is 180 Å². The van der Waals surface area contributed by atoms with E-state index < -0.39 is 4.92 Å². The summed E-state index contributed by atoms with van der Waals surface area (Å²) in [6, 6.07) is 16.7. The number of rotatable bonds is 6. The first-order valence-corrected chi connectivity index (χ1v) is 9.82. The second-order valence-electron chi connectivity index (χ2n) is 6.25. The van der Waals surface area contributed by atoms with Crippen LogP contribution in [0.2, 0.25) is 0 Å². The number of benzene rings is 3. The summed E-state index contributed by atoms with van der Waals surface area (Å²) in [6.07, 6.45) is 1.46. The van der Waals surface area contributed by atoms with Gasteiger partial charge in [-0.15, -0.1) is 10.2 Å². The number of hydrogen-bond acceptors (Lipinski definition) is 9. The fourth-order valence-corrected chi connectivity index (χ4v) is 3.54. The number of phenols is 1. The summed E-state index contributed by atoms with van der Waals surface area (Å²) in [5.74, 6) is 0.487. The van der Waals surface area contributed by atoms with Crippen molar-refractivity contribution in [2.45, 2.75) is 0 Å². The molecule has 0 saturated heterocycles. The van der Waals surface area contributed by atoms with Gasteiger partial charge in [0.05, 0.1) is 22.2 Å². The smallest absolute Gasteiger partial charge is 0.271 e. The molecular formula is C21H15N5O4S. The van der Waals surface area contributed by atoms with Crippen LogP contribution in [-0.4, -0.2) is 28.3 Å². The van der Waals surface area contributed by atoms with E-state index in [2.05, 4.69) is 20.2 Å². The van der Waals surface area contributed by atoms with Gasteiger partial charge in [0.15, 0.2) is 5.75 Å².